The Morgan fingerprint density at radius 2 is 1.57 bits per heavy atom. The fourth-order valence-corrected chi connectivity index (χ4v) is 6.81. The van der Waals surface area contributed by atoms with Crippen molar-refractivity contribution >= 4 is 19.9 Å². The first kappa shape index (κ1) is 29.8. The Hall–Kier alpha value is -3.17. The molecule has 1 aliphatic rings. The summed E-state index contributed by atoms with van der Waals surface area (Å²) in [5, 5.41) is 9.03. The molecule has 0 unspecified atom stereocenters. The zero-order valence-corrected chi connectivity index (χ0v) is 23.7. The second kappa shape index (κ2) is 12.6. The van der Waals surface area contributed by atoms with Crippen molar-refractivity contribution in [2.45, 2.75) is 35.0 Å². The Balaban J connectivity index is 1.37. The number of nitrogens with one attached hydrogen (secondary N) is 1. The van der Waals surface area contributed by atoms with Crippen molar-refractivity contribution in [2.75, 3.05) is 32.4 Å². The van der Waals surface area contributed by atoms with E-state index >= 15 is 0 Å². The van der Waals surface area contributed by atoms with E-state index in [2.05, 4.69) is 9.62 Å². The summed E-state index contributed by atoms with van der Waals surface area (Å²) in [6.45, 7) is 2.43. The molecule has 0 bridgehead atoms. The van der Waals surface area contributed by atoms with Gasteiger partial charge in [-0.1, -0.05) is 18.2 Å². The molecule has 7 nitrogen and oxygen atoms in total. The van der Waals surface area contributed by atoms with Crippen LogP contribution in [-0.2, 0) is 19.9 Å². The fourth-order valence-electron chi connectivity index (χ4n) is 5.02. The third kappa shape index (κ3) is 7.73. The standard InChI is InChI=1S/C29H31F2N3O4S2/c1-39(35,36)27-7-5-23(6-8-27)29(24-16-25(30)18-26(31)17-24)11-14-34-12-9-21(10-13-34)20-33-40(37,38)28-4-2-3-22(15-28)19-32/h2-8,15-18,21,29,33H,9-14,20H2,1H3/t29-/m1/s1. The second-order valence-corrected chi connectivity index (χ2v) is 13.9. The molecule has 1 aliphatic heterocycles. The molecule has 0 aliphatic carbocycles. The quantitative estimate of drug-likeness (QED) is 0.376. The smallest absolute Gasteiger partial charge is 0.240 e. The highest BCUT2D eigenvalue weighted by Crippen LogP contribution is 2.31. The highest BCUT2D eigenvalue weighted by atomic mass is 32.2. The molecule has 0 amide bonds. The molecule has 3 aromatic carbocycles. The van der Waals surface area contributed by atoms with Crippen LogP contribution in [0.25, 0.3) is 0 Å². The van der Waals surface area contributed by atoms with Crippen molar-refractivity contribution in [2.24, 2.45) is 5.92 Å². The maximum Gasteiger partial charge on any atom is 0.240 e. The highest BCUT2D eigenvalue weighted by molar-refractivity contribution is 7.90. The Morgan fingerprint density at radius 1 is 0.925 bits per heavy atom. The number of benzene rings is 3. The molecule has 40 heavy (non-hydrogen) atoms. The third-order valence-corrected chi connectivity index (χ3v) is 9.82. The molecule has 0 saturated carbocycles. The average molecular weight is 588 g/mol. The minimum Gasteiger partial charge on any atom is -0.303 e. The van der Waals surface area contributed by atoms with Crippen LogP contribution in [-0.4, -0.2) is 54.2 Å². The molecule has 11 heteroatoms. The van der Waals surface area contributed by atoms with Gasteiger partial charge in [0, 0.05) is 24.8 Å². The summed E-state index contributed by atoms with van der Waals surface area (Å²) in [6, 6.07) is 17.7. The molecule has 1 heterocycles. The molecule has 3 aromatic rings. The lowest BCUT2D eigenvalue weighted by Gasteiger charge is -2.33. The molecular weight excluding hydrogens is 556 g/mol. The van der Waals surface area contributed by atoms with Gasteiger partial charge in [-0.05, 0) is 98.4 Å². The Bertz CT molecular complexity index is 1580. The first-order valence-corrected chi connectivity index (χ1v) is 16.3. The van der Waals surface area contributed by atoms with Gasteiger partial charge in [-0.15, -0.1) is 0 Å². The van der Waals surface area contributed by atoms with Crippen LogP contribution in [0.2, 0.25) is 0 Å². The number of nitriles is 1. The summed E-state index contributed by atoms with van der Waals surface area (Å²) in [4.78, 5) is 2.49. The number of piperidine rings is 1. The Kier molecular flexibility index (Phi) is 9.36. The van der Waals surface area contributed by atoms with Crippen LogP contribution in [0.3, 0.4) is 0 Å². The maximum absolute atomic E-state index is 14.1. The average Bonchev–Trinajstić information content (AvgIpc) is 2.92. The molecule has 0 aromatic heterocycles. The van der Waals surface area contributed by atoms with E-state index in [-0.39, 0.29) is 27.2 Å². The summed E-state index contributed by atoms with van der Waals surface area (Å²) >= 11 is 0. The maximum atomic E-state index is 14.1. The lowest BCUT2D eigenvalue weighted by molar-refractivity contribution is 0.182. The largest absolute Gasteiger partial charge is 0.303 e. The number of nitrogens with zero attached hydrogens (tertiary/aromatic N) is 2. The van der Waals surface area contributed by atoms with E-state index in [1.165, 1.54) is 42.5 Å². The number of halogens is 2. The van der Waals surface area contributed by atoms with Crippen molar-refractivity contribution in [3.63, 3.8) is 0 Å². The number of rotatable bonds is 10. The molecule has 212 valence electrons. The minimum absolute atomic E-state index is 0.0633. The first-order chi connectivity index (χ1) is 18.9. The van der Waals surface area contributed by atoms with Gasteiger partial charge >= 0.3 is 0 Å². The van der Waals surface area contributed by atoms with Gasteiger partial charge in [0.2, 0.25) is 10.0 Å². The summed E-state index contributed by atoms with van der Waals surface area (Å²) in [7, 11) is -7.10. The van der Waals surface area contributed by atoms with Gasteiger partial charge < -0.3 is 4.90 Å². The van der Waals surface area contributed by atoms with Gasteiger partial charge in [0.05, 0.1) is 21.4 Å². The van der Waals surface area contributed by atoms with E-state index in [0.29, 0.717) is 25.1 Å². The summed E-state index contributed by atoms with van der Waals surface area (Å²) in [5.41, 5.74) is 1.53. The van der Waals surface area contributed by atoms with Crippen LogP contribution in [0.5, 0.6) is 0 Å². The zero-order valence-electron chi connectivity index (χ0n) is 22.1. The number of sulfonamides is 1. The van der Waals surface area contributed by atoms with Gasteiger partial charge in [0.1, 0.15) is 11.6 Å². The van der Waals surface area contributed by atoms with Gasteiger partial charge in [-0.2, -0.15) is 5.26 Å². The molecule has 4 rings (SSSR count). The van der Waals surface area contributed by atoms with Gasteiger partial charge in [-0.3, -0.25) is 0 Å². The second-order valence-electron chi connectivity index (χ2n) is 10.2. The third-order valence-electron chi connectivity index (χ3n) is 7.27. The van der Waals surface area contributed by atoms with Gasteiger partial charge in [0.25, 0.3) is 0 Å². The van der Waals surface area contributed by atoms with Gasteiger partial charge in [-0.25, -0.2) is 30.3 Å². The van der Waals surface area contributed by atoms with E-state index in [4.69, 9.17) is 5.26 Å². The molecular formula is C29H31F2N3O4S2. The molecule has 1 N–H and O–H groups in total. The van der Waals surface area contributed by atoms with Crippen LogP contribution in [0.1, 0.15) is 41.9 Å². The molecule has 0 spiro atoms. The molecule has 0 radical (unpaired) electrons. The molecule has 1 atom stereocenters. The number of hydrogen-bond donors (Lipinski definition) is 1. The monoisotopic (exact) mass is 587 g/mol. The lowest BCUT2D eigenvalue weighted by atomic mass is 9.87. The zero-order chi connectivity index (χ0) is 28.9. The van der Waals surface area contributed by atoms with E-state index in [1.54, 1.807) is 18.2 Å². The predicted octanol–water partition coefficient (Wildman–Crippen LogP) is 4.45. The number of hydrogen-bond acceptors (Lipinski definition) is 6. The Labute approximate surface area is 234 Å². The van der Waals surface area contributed by atoms with E-state index in [0.717, 1.165) is 43.8 Å². The molecule has 1 saturated heterocycles. The van der Waals surface area contributed by atoms with Crippen LogP contribution in [0, 0.1) is 28.9 Å². The molecule has 1 fully saturated rings. The minimum atomic E-state index is -3.72. The van der Waals surface area contributed by atoms with Gasteiger partial charge in [0.15, 0.2) is 9.84 Å². The van der Waals surface area contributed by atoms with Crippen LogP contribution in [0.4, 0.5) is 8.78 Å². The SMILES string of the molecule is CS(=O)(=O)c1ccc([C@@H](CCN2CCC(CNS(=O)(=O)c3cccc(C#N)c3)CC2)c2cc(F)cc(F)c2)cc1. The fraction of sp³-hybridized carbons (Fsp3) is 0.345. The van der Waals surface area contributed by atoms with Crippen molar-refractivity contribution in [1.82, 2.24) is 9.62 Å². The predicted molar refractivity (Wildman–Crippen MR) is 148 cm³/mol. The van der Waals surface area contributed by atoms with E-state index < -0.39 is 31.5 Å². The van der Waals surface area contributed by atoms with Crippen LogP contribution in [0.15, 0.2) is 76.5 Å². The Morgan fingerprint density at radius 3 is 2.17 bits per heavy atom. The summed E-state index contributed by atoms with van der Waals surface area (Å²) in [6.07, 6.45) is 3.25. The van der Waals surface area contributed by atoms with Crippen LogP contribution < -0.4 is 4.72 Å². The van der Waals surface area contributed by atoms with E-state index in [1.807, 2.05) is 6.07 Å². The topological polar surface area (TPSA) is 107 Å². The summed E-state index contributed by atoms with van der Waals surface area (Å²) in [5.74, 6) is -1.53. The van der Waals surface area contributed by atoms with Crippen molar-refractivity contribution in [3.8, 4) is 6.07 Å². The number of likely N-dealkylation sites (tertiary alicyclic amines) is 1. The van der Waals surface area contributed by atoms with Crippen molar-refractivity contribution in [3.05, 3.63) is 95.1 Å². The number of sulfone groups is 1. The normalized spacial score (nSPS) is 15.9. The van der Waals surface area contributed by atoms with Crippen molar-refractivity contribution < 1.29 is 25.6 Å². The summed E-state index contributed by atoms with van der Waals surface area (Å²) < 4.78 is 79.9. The van der Waals surface area contributed by atoms with Crippen LogP contribution >= 0.6 is 0 Å². The first-order valence-electron chi connectivity index (χ1n) is 12.9. The lowest BCUT2D eigenvalue weighted by Crippen LogP contribution is -2.39. The highest BCUT2D eigenvalue weighted by Gasteiger charge is 2.24. The van der Waals surface area contributed by atoms with Crippen molar-refractivity contribution in [1.29, 1.82) is 5.26 Å². The van der Waals surface area contributed by atoms with E-state index in [9.17, 15) is 25.6 Å².